The quantitative estimate of drug-likeness (QED) is 0.258. The molecule has 0 radical (unpaired) electrons. The largest absolute Gasteiger partial charge is 0.496 e. The van der Waals surface area contributed by atoms with E-state index in [1.807, 2.05) is 35.2 Å². The molecule has 1 amide bonds. The third kappa shape index (κ3) is 7.51. The van der Waals surface area contributed by atoms with Gasteiger partial charge in [0.1, 0.15) is 11.5 Å². The fraction of sp³-hybridized carbons (Fsp3) is 0.382. The lowest BCUT2D eigenvalue weighted by molar-refractivity contribution is 0.0753. The molecule has 1 saturated heterocycles. The van der Waals surface area contributed by atoms with Gasteiger partial charge in [0.15, 0.2) is 0 Å². The summed E-state index contributed by atoms with van der Waals surface area (Å²) < 4.78 is 11.3. The summed E-state index contributed by atoms with van der Waals surface area (Å²) in [6.07, 6.45) is 6.24. The molecule has 1 aliphatic rings. The van der Waals surface area contributed by atoms with Gasteiger partial charge < -0.3 is 14.4 Å². The van der Waals surface area contributed by atoms with E-state index < -0.39 is 0 Å². The first kappa shape index (κ1) is 28.4. The smallest absolute Gasteiger partial charge is 0.254 e. The number of ether oxygens (including phenoxy) is 2. The van der Waals surface area contributed by atoms with E-state index in [9.17, 15) is 4.79 Å². The van der Waals surface area contributed by atoms with Crippen LogP contribution in [0.4, 0.5) is 0 Å². The highest BCUT2D eigenvalue weighted by Crippen LogP contribution is 2.32. The lowest BCUT2D eigenvalue weighted by atomic mass is 10.0. The van der Waals surface area contributed by atoms with Crippen molar-refractivity contribution in [3.63, 3.8) is 0 Å². The van der Waals surface area contributed by atoms with Crippen LogP contribution in [0, 0.1) is 0 Å². The molecule has 5 nitrogen and oxygen atoms in total. The number of carbonyl (C=O) groups is 1. The number of nitrogens with zero attached hydrogens (tertiary/aromatic N) is 2. The average Bonchev–Trinajstić information content (AvgIpc) is 3.41. The van der Waals surface area contributed by atoms with Gasteiger partial charge in [0.25, 0.3) is 5.91 Å². The number of hydrogen-bond acceptors (Lipinski definition) is 4. The Kier molecular flexibility index (Phi) is 10.2. The summed E-state index contributed by atoms with van der Waals surface area (Å²) in [7, 11) is 3.29. The first-order valence-corrected chi connectivity index (χ1v) is 14.1. The van der Waals surface area contributed by atoms with Gasteiger partial charge in [0.2, 0.25) is 0 Å². The summed E-state index contributed by atoms with van der Waals surface area (Å²) in [6, 6.07) is 25.2. The number of hydrogen-bond donors (Lipinski definition) is 0. The first-order valence-electron chi connectivity index (χ1n) is 14.1. The molecule has 0 N–H and O–H groups in total. The summed E-state index contributed by atoms with van der Waals surface area (Å²) in [5.41, 5.74) is 5.20. The number of benzene rings is 3. The Morgan fingerprint density at radius 3 is 2.26 bits per heavy atom. The van der Waals surface area contributed by atoms with Crippen LogP contribution in [0.3, 0.4) is 0 Å². The molecule has 1 atom stereocenters. The van der Waals surface area contributed by atoms with Crippen LogP contribution in [0.5, 0.6) is 11.5 Å². The first-order chi connectivity index (χ1) is 19.0. The molecule has 39 heavy (non-hydrogen) atoms. The highest BCUT2D eigenvalue weighted by Gasteiger charge is 2.27. The third-order valence-electron chi connectivity index (χ3n) is 7.61. The molecule has 4 rings (SSSR count). The maximum absolute atomic E-state index is 14.0. The van der Waals surface area contributed by atoms with Crippen LogP contribution < -0.4 is 9.47 Å². The van der Waals surface area contributed by atoms with E-state index in [0.717, 1.165) is 42.6 Å². The molecule has 1 aliphatic heterocycles. The molecule has 3 aromatic carbocycles. The van der Waals surface area contributed by atoms with Crippen LogP contribution in [-0.4, -0.2) is 55.6 Å². The molecular weight excluding hydrogens is 484 g/mol. The van der Waals surface area contributed by atoms with E-state index in [2.05, 4.69) is 67.3 Å². The maximum Gasteiger partial charge on any atom is 0.254 e. The Hall–Kier alpha value is -3.57. The SMILES string of the molecule is CCc1c(OC)cc(C(=O)N(CCC2CCCN2Cc2ccccc2)C/C(C)=C/c2ccccc2)cc1OC. The number of amides is 1. The Morgan fingerprint density at radius 2 is 1.64 bits per heavy atom. The standard InChI is InChI=1S/C34H42N2O3/c1-5-31-32(38-3)22-29(23-33(31)39-4)34(37)36(24-26(2)21-27-13-8-6-9-14-27)20-18-30-17-12-19-35(30)25-28-15-10-7-11-16-28/h6-11,13-16,21-23,30H,5,12,17-20,24-25H2,1-4H3/b26-21+. The molecule has 206 valence electrons. The maximum atomic E-state index is 14.0. The second kappa shape index (κ2) is 14.0. The number of rotatable bonds is 12. The van der Waals surface area contributed by atoms with Crippen molar-refractivity contribution in [3.05, 3.63) is 101 Å². The van der Waals surface area contributed by atoms with Gasteiger partial charge >= 0.3 is 0 Å². The van der Waals surface area contributed by atoms with Crippen molar-refractivity contribution >= 4 is 12.0 Å². The lowest BCUT2D eigenvalue weighted by Gasteiger charge is -2.29. The van der Waals surface area contributed by atoms with Crippen molar-refractivity contribution in [2.75, 3.05) is 33.9 Å². The highest BCUT2D eigenvalue weighted by molar-refractivity contribution is 5.95. The summed E-state index contributed by atoms with van der Waals surface area (Å²) in [5, 5.41) is 0. The van der Waals surface area contributed by atoms with Gasteiger partial charge in [-0.25, -0.2) is 0 Å². The zero-order chi connectivity index (χ0) is 27.6. The molecule has 5 heteroatoms. The normalized spacial score (nSPS) is 15.8. The fourth-order valence-corrected chi connectivity index (χ4v) is 5.62. The Labute approximate surface area is 234 Å². The minimum atomic E-state index is 0.00247. The van der Waals surface area contributed by atoms with Crippen LogP contribution in [0.2, 0.25) is 0 Å². The predicted octanol–water partition coefficient (Wildman–Crippen LogP) is 6.87. The van der Waals surface area contributed by atoms with Crippen LogP contribution in [-0.2, 0) is 13.0 Å². The average molecular weight is 527 g/mol. The van der Waals surface area contributed by atoms with E-state index in [4.69, 9.17) is 9.47 Å². The van der Waals surface area contributed by atoms with Crippen LogP contribution in [0.25, 0.3) is 6.08 Å². The summed E-state index contributed by atoms with van der Waals surface area (Å²) in [4.78, 5) is 18.6. The van der Waals surface area contributed by atoms with Gasteiger partial charge in [-0.1, -0.05) is 79.2 Å². The second-order valence-corrected chi connectivity index (χ2v) is 10.4. The molecule has 0 saturated carbocycles. The van der Waals surface area contributed by atoms with E-state index in [1.54, 1.807) is 14.2 Å². The zero-order valence-electron chi connectivity index (χ0n) is 23.9. The molecule has 1 heterocycles. The van der Waals surface area contributed by atoms with Crippen LogP contribution in [0.15, 0.2) is 78.4 Å². The summed E-state index contributed by atoms with van der Waals surface area (Å²) in [5.74, 6) is 1.39. The fourth-order valence-electron chi connectivity index (χ4n) is 5.62. The number of likely N-dealkylation sites (tertiary alicyclic amines) is 1. The molecule has 0 bridgehead atoms. The van der Waals surface area contributed by atoms with Gasteiger partial charge in [0.05, 0.1) is 14.2 Å². The van der Waals surface area contributed by atoms with E-state index in [0.29, 0.717) is 36.2 Å². The van der Waals surface area contributed by atoms with Crippen LogP contribution >= 0.6 is 0 Å². The van der Waals surface area contributed by atoms with Gasteiger partial charge in [0, 0.05) is 36.8 Å². The summed E-state index contributed by atoms with van der Waals surface area (Å²) in [6.45, 7) is 7.49. The van der Waals surface area contributed by atoms with Crippen molar-refractivity contribution in [1.82, 2.24) is 9.80 Å². The number of methoxy groups -OCH3 is 2. The van der Waals surface area contributed by atoms with Gasteiger partial charge in [-0.15, -0.1) is 0 Å². The minimum Gasteiger partial charge on any atom is -0.496 e. The van der Waals surface area contributed by atoms with Crippen molar-refractivity contribution in [1.29, 1.82) is 0 Å². The van der Waals surface area contributed by atoms with E-state index in [-0.39, 0.29) is 5.91 Å². The lowest BCUT2D eigenvalue weighted by Crippen LogP contribution is -2.37. The van der Waals surface area contributed by atoms with Gasteiger partial charge in [-0.2, -0.15) is 0 Å². The second-order valence-electron chi connectivity index (χ2n) is 10.4. The Morgan fingerprint density at radius 1 is 1.00 bits per heavy atom. The Bertz CT molecular complexity index is 1210. The molecule has 3 aromatic rings. The zero-order valence-corrected chi connectivity index (χ0v) is 23.9. The Balaban J connectivity index is 1.56. The van der Waals surface area contributed by atoms with E-state index in [1.165, 1.54) is 18.4 Å². The highest BCUT2D eigenvalue weighted by atomic mass is 16.5. The van der Waals surface area contributed by atoms with Crippen molar-refractivity contribution < 1.29 is 14.3 Å². The topological polar surface area (TPSA) is 42.0 Å². The van der Waals surface area contributed by atoms with Crippen molar-refractivity contribution in [3.8, 4) is 11.5 Å². The minimum absolute atomic E-state index is 0.00247. The third-order valence-corrected chi connectivity index (χ3v) is 7.61. The molecule has 1 unspecified atom stereocenters. The van der Waals surface area contributed by atoms with Gasteiger partial charge in [-0.3, -0.25) is 9.69 Å². The monoisotopic (exact) mass is 526 g/mol. The van der Waals surface area contributed by atoms with Gasteiger partial charge in [-0.05, 0) is 62.4 Å². The van der Waals surface area contributed by atoms with E-state index >= 15 is 0 Å². The molecule has 0 aromatic heterocycles. The van der Waals surface area contributed by atoms with Crippen LogP contribution in [0.1, 0.15) is 60.2 Å². The van der Waals surface area contributed by atoms with Crippen molar-refractivity contribution in [2.45, 2.75) is 52.1 Å². The molecular formula is C34H42N2O3. The molecule has 0 spiro atoms. The molecule has 0 aliphatic carbocycles. The summed E-state index contributed by atoms with van der Waals surface area (Å²) >= 11 is 0. The van der Waals surface area contributed by atoms with Crippen molar-refractivity contribution in [2.24, 2.45) is 0 Å². The molecule has 1 fully saturated rings. The predicted molar refractivity (Wildman–Crippen MR) is 159 cm³/mol. The number of carbonyl (C=O) groups excluding carboxylic acids is 1.